The number of nitrogens with one attached hydrogen (secondary N) is 1. The molecular weight excluding hydrogens is 348 g/mol. The zero-order valence-electron chi connectivity index (χ0n) is 17.2. The molecule has 0 aliphatic carbocycles. The van der Waals surface area contributed by atoms with Gasteiger partial charge in [0.25, 0.3) is 0 Å². The van der Waals surface area contributed by atoms with Gasteiger partial charge in [-0.05, 0) is 28.5 Å². The largest absolute Gasteiger partial charge is 0.352 e. The number of benzene rings is 2. The van der Waals surface area contributed by atoms with Crippen LogP contribution in [0.3, 0.4) is 0 Å². The van der Waals surface area contributed by atoms with Gasteiger partial charge in [-0.3, -0.25) is 9.59 Å². The van der Waals surface area contributed by atoms with Gasteiger partial charge in [-0.15, -0.1) is 0 Å². The average molecular weight is 379 g/mol. The smallest absolute Gasteiger partial charge is 0.227 e. The molecule has 0 saturated carbocycles. The van der Waals surface area contributed by atoms with Crippen LogP contribution < -0.4 is 10.2 Å². The van der Waals surface area contributed by atoms with Crippen LogP contribution in [0.2, 0.25) is 0 Å². The molecule has 1 atom stereocenters. The number of hydrogen-bond donors (Lipinski definition) is 1. The Morgan fingerprint density at radius 3 is 2.18 bits per heavy atom. The summed E-state index contributed by atoms with van der Waals surface area (Å²) in [6, 6.07) is 16.1. The molecule has 1 heterocycles. The average Bonchev–Trinajstić information content (AvgIpc) is 3.07. The van der Waals surface area contributed by atoms with Crippen LogP contribution in [0.1, 0.15) is 62.6 Å². The lowest BCUT2D eigenvalue weighted by Gasteiger charge is -2.27. The van der Waals surface area contributed by atoms with Crippen LogP contribution in [0.5, 0.6) is 0 Å². The number of carbonyl (C=O) groups is 2. The van der Waals surface area contributed by atoms with E-state index in [1.54, 1.807) is 0 Å². The van der Waals surface area contributed by atoms with Gasteiger partial charge in [0.2, 0.25) is 11.8 Å². The number of para-hydroxylation sites is 1. The first kappa shape index (κ1) is 20.1. The van der Waals surface area contributed by atoms with Gasteiger partial charge in [-0.1, -0.05) is 76.2 Å². The summed E-state index contributed by atoms with van der Waals surface area (Å²) in [5, 5.41) is 2.99. The van der Waals surface area contributed by atoms with Gasteiger partial charge < -0.3 is 10.2 Å². The van der Waals surface area contributed by atoms with E-state index in [1.165, 1.54) is 11.1 Å². The molecule has 148 valence electrons. The molecule has 2 aromatic carbocycles. The molecule has 3 rings (SSSR count). The van der Waals surface area contributed by atoms with E-state index in [9.17, 15) is 9.59 Å². The summed E-state index contributed by atoms with van der Waals surface area (Å²) in [5.74, 6) is 0.305. The summed E-state index contributed by atoms with van der Waals surface area (Å²) >= 11 is 0. The molecule has 0 aromatic heterocycles. The summed E-state index contributed by atoms with van der Waals surface area (Å²) in [6.45, 7) is 9.52. The fourth-order valence-corrected chi connectivity index (χ4v) is 3.85. The van der Waals surface area contributed by atoms with Gasteiger partial charge in [-0.2, -0.15) is 0 Å². The number of nitrogens with zero attached hydrogens (tertiary/aromatic N) is 1. The first-order valence-corrected chi connectivity index (χ1v) is 10.1. The molecule has 1 aliphatic heterocycles. The summed E-state index contributed by atoms with van der Waals surface area (Å²) in [7, 11) is 0. The molecule has 1 unspecified atom stereocenters. The molecule has 28 heavy (non-hydrogen) atoms. The highest BCUT2D eigenvalue weighted by molar-refractivity contribution is 6.01. The van der Waals surface area contributed by atoms with Crippen molar-refractivity contribution in [3.05, 3.63) is 65.2 Å². The highest BCUT2D eigenvalue weighted by atomic mass is 16.2. The Balaban J connectivity index is 1.78. The van der Waals surface area contributed by atoms with E-state index in [2.05, 4.69) is 51.2 Å². The van der Waals surface area contributed by atoms with Crippen molar-refractivity contribution in [2.24, 2.45) is 5.92 Å². The maximum atomic E-state index is 12.9. The van der Waals surface area contributed by atoms with Crippen LogP contribution in [0, 0.1) is 5.92 Å². The monoisotopic (exact) mass is 378 g/mol. The number of amides is 2. The van der Waals surface area contributed by atoms with Gasteiger partial charge in [-0.25, -0.2) is 0 Å². The zero-order valence-corrected chi connectivity index (χ0v) is 17.2. The van der Waals surface area contributed by atoms with Crippen molar-refractivity contribution in [3.63, 3.8) is 0 Å². The standard InChI is InChI=1S/C24H30N2O2/c1-16(2)20-11-8-12-21(17(3)4)23(20)26-15-19(13-22(26)27)24(28)25-14-18-9-6-5-7-10-18/h5-12,16-17,19H,13-15H2,1-4H3,(H,25,28). The molecule has 1 N–H and O–H groups in total. The van der Waals surface area contributed by atoms with Crippen molar-refractivity contribution in [2.75, 3.05) is 11.4 Å². The lowest BCUT2D eigenvalue weighted by atomic mass is 9.92. The Hall–Kier alpha value is -2.62. The molecule has 0 spiro atoms. The van der Waals surface area contributed by atoms with Crippen LogP contribution in [0.4, 0.5) is 5.69 Å². The number of anilines is 1. The third-order valence-electron chi connectivity index (χ3n) is 5.42. The Morgan fingerprint density at radius 1 is 1.00 bits per heavy atom. The highest BCUT2D eigenvalue weighted by Crippen LogP contribution is 2.38. The minimum atomic E-state index is -0.309. The Kier molecular flexibility index (Phi) is 6.18. The van der Waals surface area contributed by atoms with E-state index in [0.717, 1.165) is 11.3 Å². The van der Waals surface area contributed by atoms with E-state index in [1.807, 2.05) is 35.2 Å². The SMILES string of the molecule is CC(C)c1cccc(C(C)C)c1N1CC(C(=O)NCc2ccccc2)CC1=O. The summed E-state index contributed by atoms with van der Waals surface area (Å²) in [5.41, 5.74) is 4.41. The number of carbonyl (C=O) groups excluding carboxylic acids is 2. The second kappa shape index (κ2) is 8.59. The normalized spacial score (nSPS) is 16.9. The summed E-state index contributed by atoms with van der Waals surface area (Å²) < 4.78 is 0. The minimum absolute atomic E-state index is 0.0369. The zero-order chi connectivity index (χ0) is 20.3. The van der Waals surface area contributed by atoms with Crippen molar-refractivity contribution < 1.29 is 9.59 Å². The highest BCUT2D eigenvalue weighted by Gasteiger charge is 2.37. The van der Waals surface area contributed by atoms with Crippen LogP contribution >= 0.6 is 0 Å². The van der Waals surface area contributed by atoms with Gasteiger partial charge in [0, 0.05) is 19.5 Å². The summed E-state index contributed by atoms with van der Waals surface area (Å²) in [4.78, 5) is 27.4. The molecule has 0 bridgehead atoms. The quantitative estimate of drug-likeness (QED) is 0.798. The fourth-order valence-electron chi connectivity index (χ4n) is 3.85. The molecule has 2 amide bonds. The van der Waals surface area contributed by atoms with Crippen molar-refractivity contribution in [1.29, 1.82) is 0 Å². The second-order valence-corrected chi connectivity index (χ2v) is 8.20. The molecule has 1 aliphatic rings. The molecule has 1 fully saturated rings. The maximum Gasteiger partial charge on any atom is 0.227 e. The molecule has 4 nitrogen and oxygen atoms in total. The predicted molar refractivity (Wildman–Crippen MR) is 113 cm³/mol. The lowest BCUT2D eigenvalue weighted by Crippen LogP contribution is -2.33. The van der Waals surface area contributed by atoms with E-state index in [4.69, 9.17) is 0 Å². The fraction of sp³-hybridized carbons (Fsp3) is 0.417. The molecular formula is C24H30N2O2. The van der Waals surface area contributed by atoms with E-state index >= 15 is 0 Å². The predicted octanol–water partition coefficient (Wildman–Crippen LogP) is 4.60. The Labute approximate surface area is 167 Å². The Bertz CT molecular complexity index is 817. The van der Waals surface area contributed by atoms with Gasteiger partial charge >= 0.3 is 0 Å². The van der Waals surface area contributed by atoms with E-state index in [0.29, 0.717) is 24.9 Å². The van der Waals surface area contributed by atoms with Crippen LogP contribution in [-0.2, 0) is 16.1 Å². The van der Waals surface area contributed by atoms with Crippen molar-refractivity contribution in [3.8, 4) is 0 Å². The van der Waals surface area contributed by atoms with Crippen LogP contribution in [-0.4, -0.2) is 18.4 Å². The van der Waals surface area contributed by atoms with E-state index < -0.39 is 0 Å². The van der Waals surface area contributed by atoms with E-state index in [-0.39, 0.29) is 24.2 Å². The molecule has 1 saturated heterocycles. The molecule has 0 radical (unpaired) electrons. The second-order valence-electron chi connectivity index (χ2n) is 8.20. The molecule has 4 heteroatoms. The minimum Gasteiger partial charge on any atom is -0.352 e. The van der Waals surface area contributed by atoms with Crippen LogP contribution in [0.25, 0.3) is 0 Å². The first-order valence-electron chi connectivity index (χ1n) is 10.1. The van der Waals surface area contributed by atoms with Crippen LogP contribution in [0.15, 0.2) is 48.5 Å². The van der Waals surface area contributed by atoms with Crippen molar-refractivity contribution in [1.82, 2.24) is 5.32 Å². The summed E-state index contributed by atoms with van der Waals surface area (Å²) in [6.07, 6.45) is 0.268. The van der Waals surface area contributed by atoms with Gasteiger partial charge in [0.1, 0.15) is 0 Å². The first-order chi connectivity index (χ1) is 13.4. The topological polar surface area (TPSA) is 49.4 Å². The van der Waals surface area contributed by atoms with Gasteiger partial charge in [0.05, 0.1) is 11.6 Å². The number of rotatable bonds is 6. The maximum absolute atomic E-state index is 12.9. The third kappa shape index (κ3) is 4.27. The molecule has 2 aromatic rings. The number of hydrogen-bond acceptors (Lipinski definition) is 2. The van der Waals surface area contributed by atoms with Crippen molar-refractivity contribution in [2.45, 2.75) is 52.5 Å². The Morgan fingerprint density at radius 2 is 1.61 bits per heavy atom. The van der Waals surface area contributed by atoms with Crippen molar-refractivity contribution >= 4 is 17.5 Å². The lowest BCUT2D eigenvalue weighted by molar-refractivity contribution is -0.126. The third-order valence-corrected chi connectivity index (χ3v) is 5.42. The van der Waals surface area contributed by atoms with Gasteiger partial charge in [0.15, 0.2) is 0 Å².